The van der Waals surface area contributed by atoms with E-state index in [-0.39, 0.29) is 24.8 Å². The van der Waals surface area contributed by atoms with Crippen molar-refractivity contribution >= 4 is 23.3 Å². The van der Waals surface area contributed by atoms with E-state index in [9.17, 15) is 4.79 Å². The number of amides is 1. The maximum atomic E-state index is 11.8. The first kappa shape index (κ1) is 16.7. The normalized spacial score (nSPS) is 22.6. The Morgan fingerprint density at radius 2 is 1.91 bits per heavy atom. The fourth-order valence-electron chi connectivity index (χ4n) is 2.79. The highest BCUT2D eigenvalue weighted by atomic mass is 32.1. The van der Waals surface area contributed by atoms with Gasteiger partial charge in [0.2, 0.25) is 0 Å². The zero-order chi connectivity index (χ0) is 15.9. The second kappa shape index (κ2) is 8.10. The summed E-state index contributed by atoms with van der Waals surface area (Å²) < 4.78 is 5.23. The standard InChI is InChI=1S/C16H23N3O2S/c17-14(15(18)22)12-6-8-13(9-7-12)19-16(20)21-10-11-4-2-1-3-5-11/h1-5,12-14H,6-10,17H2,(H2,18,22)(H,19,20). The molecular weight excluding hydrogens is 298 g/mol. The molecule has 120 valence electrons. The van der Waals surface area contributed by atoms with Gasteiger partial charge in [0.15, 0.2) is 0 Å². The largest absolute Gasteiger partial charge is 0.445 e. The van der Waals surface area contributed by atoms with Crippen molar-refractivity contribution in [2.24, 2.45) is 17.4 Å². The second-order valence-electron chi connectivity index (χ2n) is 5.75. The van der Waals surface area contributed by atoms with Crippen molar-refractivity contribution in [3.63, 3.8) is 0 Å². The molecular formula is C16H23N3O2S. The molecule has 0 bridgehead atoms. The van der Waals surface area contributed by atoms with E-state index in [1.807, 2.05) is 30.3 Å². The second-order valence-corrected chi connectivity index (χ2v) is 6.22. The Morgan fingerprint density at radius 3 is 2.50 bits per heavy atom. The first-order valence-electron chi connectivity index (χ1n) is 7.58. The molecule has 1 saturated carbocycles. The van der Waals surface area contributed by atoms with Gasteiger partial charge in [0.25, 0.3) is 0 Å². The van der Waals surface area contributed by atoms with Crippen molar-refractivity contribution < 1.29 is 9.53 Å². The molecule has 1 atom stereocenters. The zero-order valence-corrected chi connectivity index (χ0v) is 13.4. The smallest absolute Gasteiger partial charge is 0.407 e. The van der Waals surface area contributed by atoms with E-state index >= 15 is 0 Å². The fourth-order valence-corrected chi connectivity index (χ4v) is 2.98. The Kier molecular flexibility index (Phi) is 6.15. The van der Waals surface area contributed by atoms with Gasteiger partial charge in [-0.05, 0) is 37.2 Å². The van der Waals surface area contributed by atoms with E-state index in [4.69, 9.17) is 28.4 Å². The van der Waals surface area contributed by atoms with Crippen molar-refractivity contribution in [3.05, 3.63) is 35.9 Å². The molecule has 6 heteroatoms. The number of carbonyl (C=O) groups excluding carboxylic acids is 1. The Hall–Kier alpha value is -1.66. The van der Waals surface area contributed by atoms with Gasteiger partial charge in [-0.25, -0.2) is 4.79 Å². The van der Waals surface area contributed by atoms with Crippen LogP contribution in [0.3, 0.4) is 0 Å². The number of alkyl carbamates (subject to hydrolysis) is 1. The molecule has 0 aliphatic heterocycles. The molecule has 22 heavy (non-hydrogen) atoms. The molecule has 0 spiro atoms. The molecule has 1 fully saturated rings. The Bertz CT molecular complexity index is 501. The van der Waals surface area contributed by atoms with Crippen LogP contribution in [0.2, 0.25) is 0 Å². The molecule has 1 aliphatic carbocycles. The van der Waals surface area contributed by atoms with E-state index < -0.39 is 0 Å². The first-order valence-corrected chi connectivity index (χ1v) is 7.99. The average Bonchev–Trinajstić information content (AvgIpc) is 2.54. The first-order chi connectivity index (χ1) is 10.6. The van der Waals surface area contributed by atoms with Crippen molar-refractivity contribution in [1.82, 2.24) is 5.32 Å². The molecule has 5 nitrogen and oxygen atoms in total. The predicted molar refractivity (Wildman–Crippen MR) is 90.3 cm³/mol. The Morgan fingerprint density at radius 1 is 1.27 bits per heavy atom. The van der Waals surface area contributed by atoms with Crippen LogP contribution in [0.4, 0.5) is 4.79 Å². The van der Waals surface area contributed by atoms with Gasteiger partial charge in [-0.1, -0.05) is 42.5 Å². The molecule has 1 amide bonds. The molecule has 1 aliphatic rings. The number of nitrogens with one attached hydrogen (secondary N) is 1. The van der Waals surface area contributed by atoms with Gasteiger partial charge in [-0.2, -0.15) is 0 Å². The summed E-state index contributed by atoms with van der Waals surface area (Å²) in [5.74, 6) is 0.316. The Balaban J connectivity index is 1.69. The van der Waals surface area contributed by atoms with Gasteiger partial charge >= 0.3 is 6.09 Å². The zero-order valence-electron chi connectivity index (χ0n) is 12.5. The van der Waals surface area contributed by atoms with Crippen molar-refractivity contribution in [2.45, 2.75) is 44.4 Å². The summed E-state index contributed by atoms with van der Waals surface area (Å²) in [4.78, 5) is 12.2. The minimum absolute atomic E-state index is 0.137. The summed E-state index contributed by atoms with van der Waals surface area (Å²) in [5.41, 5.74) is 12.5. The molecule has 0 saturated heterocycles. The lowest BCUT2D eigenvalue weighted by molar-refractivity contribution is 0.131. The molecule has 0 aromatic heterocycles. The molecule has 5 N–H and O–H groups in total. The van der Waals surface area contributed by atoms with Crippen LogP contribution in [-0.2, 0) is 11.3 Å². The number of carbonyl (C=O) groups is 1. The predicted octanol–water partition coefficient (Wildman–Crippen LogP) is 2.08. The topological polar surface area (TPSA) is 90.4 Å². The van der Waals surface area contributed by atoms with Crippen LogP contribution in [0.15, 0.2) is 30.3 Å². The lowest BCUT2D eigenvalue weighted by Gasteiger charge is -2.31. The van der Waals surface area contributed by atoms with Crippen LogP contribution in [0.1, 0.15) is 31.2 Å². The lowest BCUT2D eigenvalue weighted by atomic mass is 9.82. The van der Waals surface area contributed by atoms with Crippen LogP contribution < -0.4 is 16.8 Å². The SMILES string of the molecule is NC(=S)C(N)C1CCC(NC(=O)OCc2ccccc2)CC1. The van der Waals surface area contributed by atoms with E-state index in [1.54, 1.807) is 0 Å². The van der Waals surface area contributed by atoms with Crippen molar-refractivity contribution in [2.75, 3.05) is 0 Å². The Labute approximate surface area is 136 Å². The van der Waals surface area contributed by atoms with Crippen LogP contribution in [0.5, 0.6) is 0 Å². The number of rotatable bonds is 5. The third-order valence-corrected chi connectivity index (χ3v) is 4.42. The minimum atomic E-state index is -0.369. The van der Waals surface area contributed by atoms with E-state index in [1.165, 1.54) is 0 Å². The number of benzene rings is 1. The molecule has 2 rings (SSSR count). The summed E-state index contributed by atoms with van der Waals surface area (Å²) in [6, 6.07) is 9.54. The molecule has 0 radical (unpaired) electrons. The highest BCUT2D eigenvalue weighted by Crippen LogP contribution is 2.26. The van der Waals surface area contributed by atoms with Crippen LogP contribution in [0, 0.1) is 5.92 Å². The van der Waals surface area contributed by atoms with Gasteiger partial charge in [-0.15, -0.1) is 0 Å². The summed E-state index contributed by atoms with van der Waals surface area (Å²) in [7, 11) is 0. The average molecular weight is 321 g/mol. The van der Waals surface area contributed by atoms with Crippen LogP contribution >= 0.6 is 12.2 Å². The third kappa shape index (κ3) is 4.96. The molecule has 1 aromatic carbocycles. The highest BCUT2D eigenvalue weighted by molar-refractivity contribution is 7.80. The van der Waals surface area contributed by atoms with Gasteiger partial charge in [0, 0.05) is 6.04 Å². The van der Waals surface area contributed by atoms with Gasteiger partial charge in [0.1, 0.15) is 6.61 Å². The highest BCUT2D eigenvalue weighted by Gasteiger charge is 2.27. The maximum Gasteiger partial charge on any atom is 0.407 e. The quantitative estimate of drug-likeness (QED) is 0.722. The van der Waals surface area contributed by atoms with Gasteiger partial charge < -0.3 is 21.5 Å². The maximum absolute atomic E-state index is 11.8. The molecule has 0 heterocycles. The van der Waals surface area contributed by atoms with Gasteiger partial charge in [0.05, 0.1) is 11.0 Å². The summed E-state index contributed by atoms with van der Waals surface area (Å²) >= 11 is 4.94. The summed E-state index contributed by atoms with van der Waals surface area (Å²) in [6.07, 6.45) is 3.22. The minimum Gasteiger partial charge on any atom is -0.445 e. The summed E-state index contributed by atoms with van der Waals surface area (Å²) in [6.45, 7) is 0.286. The van der Waals surface area contributed by atoms with Crippen LogP contribution in [-0.4, -0.2) is 23.2 Å². The van der Waals surface area contributed by atoms with Crippen LogP contribution in [0.25, 0.3) is 0 Å². The number of nitrogens with two attached hydrogens (primary N) is 2. The number of hydrogen-bond donors (Lipinski definition) is 3. The van der Waals surface area contributed by atoms with E-state index in [0.29, 0.717) is 10.9 Å². The van der Waals surface area contributed by atoms with Crippen molar-refractivity contribution in [3.8, 4) is 0 Å². The van der Waals surface area contributed by atoms with Crippen molar-refractivity contribution in [1.29, 1.82) is 0 Å². The third-order valence-electron chi connectivity index (χ3n) is 4.14. The summed E-state index contributed by atoms with van der Waals surface area (Å²) in [5, 5.41) is 2.91. The van der Waals surface area contributed by atoms with E-state index in [2.05, 4.69) is 5.32 Å². The van der Waals surface area contributed by atoms with Gasteiger partial charge in [-0.3, -0.25) is 0 Å². The van der Waals surface area contributed by atoms with E-state index in [0.717, 1.165) is 31.2 Å². The number of hydrogen-bond acceptors (Lipinski definition) is 4. The lowest BCUT2D eigenvalue weighted by Crippen LogP contribution is -2.45. The number of ether oxygens (including phenoxy) is 1. The molecule has 1 aromatic rings. The number of thiocarbonyl (C=S) groups is 1. The fraction of sp³-hybridized carbons (Fsp3) is 0.500. The monoisotopic (exact) mass is 321 g/mol. The molecule has 1 unspecified atom stereocenters.